The minimum absolute atomic E-state index is 0. The number of hydrogen-bond donors (Lipinski definition) is 1. The number of H-pyrrole nitrogens is 1. The number of halogens is 1. The fourth-order valence-corrected chi connectivity index (χ4v) is 1.25. The summed E-state index contributed by atoms with van der Waals surface area (Å²) in [6.45, 7) is 5.46. The van der Waals surface area contributed by atoms with Gasteiger partial charge in [-0.25, -0.2) is 9.55 Å². The maximum atomic E-state index is 3.25. The maximum Gasteiger partial charge on any atom is 0.254 e. The van der Waals surface area contributed by atoms with E-state index in [-0.39, 0.29) is 24.0 Å². The van der Waals surface area contributed by atoms with Gasteiger partial charge in [-0.3, -0.25) is 0 Å². The number of aryl methyl sites for hydroxylation is 2. The lowest BCUT2D eigenvalue weighted by atomic mass is 10.2. The Morgan fingerprint density at radius 1 is 1.42 bits per heavy atom. The molecule has 0 amide bonds. The van der Waals surface area contributed by atoms with Crippen molar-refractivity contribution in [1.29, 1.82) is 0 Å². The van der Waals surface area contributed by atoms with Gasteiger partial charge >= 0.3 is 0 Å². The predicted molar refractivity (Wildman–Crippen MR) is 45.3 cm³/mol. The first-order valence-corrected chi connectivity index (χ1v) is 4.44. The van der Waals surface area contributed by atoms with Crippen molar-refractivity contribution in [1.82, 2.24) is 4.98 Å². The second-order valence-corrected chi connectivity index (χ2v) is 2.80. The van der Waals surface area contributed by atoms with Gasteiger partial charge in [-0.05, 0) is 13.3 Å². The Hall–Kier alpha value is -0.0600. The number of unbranched alkanes of at least 4 members (excludes halogenated alkanes) is 1. The van der Waals surface area contributed by atoms with Gasteiger partial charge in [0.1, 0.15) is 12.4 Å². The highest BCUT2D eigenvalue weighted by Crippen LogP contribution is 1.95. The molecule has 1 N–H and O–H groups in total. The molecule has 12 heavy (non-hydrogen) atoms. The lowest BCUT2D eigenvalue weighted by Gasteiger charge is -1.94. The van der Waals surface area contributed by atoms with E-state index in [1.54, 1.807) is 0 Å². The fraction of sp³-hybridized carbons (Fsp3) is 0.667. The van der Waals surface area contributed by atoms with Crippen molar-refractivity contribution in [2.24, 2.45) is 0 Å². The van der Waals surface area contributed by atoms with Gasteiger partial charge in [0.2, 0.25) is 0 Å². The molecule has 1 rings (SSSR count). The van der Waals surface area contributed by atoms with E-state index < -0.39 is 0 Å². The molecular weight excluding hydrogens is 263 g/mol. The Morgan fingerprint density at radius 3 is 2.75 bits per heavy atom. The zero-order valence-corrected chi connectivity index (χ0v) is 9.97. The van der Waals surface area contributed by atoms with Crippen molar-refractivity contribution in [2.75, 3.05) is 0 Å². The van der Waals surface area contributed by atoms with Crippen molar-refractivity contribution >= 4 is 0 Å². The van der Waals surface area contributed by atoms with Crippen LogP contribution < -0.4 is 28.5 Å². The zero-order chi connectivity index (χ0) is 8.10. The van der Waals surface area contributed by atoms with E-state index in [1.807, 2.05) is 6.20 Å². The molecule has 0 saturated heterocycles. The van der Waals surface area contributed by atoms with Crippen molar-refractivity contribution in [3.63, 3.8) is 0 Å². The standard InChI is InChI=1S/C9H16N2.HI/c1-3-5-6-9-10-7-8-11(9)4-2;/h7-8H,3-6H2,1-2H3;1H. The van der Waals surface area contributed by atoms with Crippen LogP contribution in [0.1, 0.15) is 32.5 Å². The Labute approximate surface area is 91.4 Å². The molecule has 0 saturated carbocycles. The third kappa shape index (κ3) is 3.13. The molecule has 1 heterocycles. The van der Waals surface area contributed by atoms with Crippen LogP contribution in [0.15, 0.2) is 12.4 Å². The Kier molecular flexibility index (Phi) is 6.42. The monoisotopic (exact) mass is 280 g/mol. The normalized spacial score (nSPS) is 9.50. The first-order valence-electron chi connectivity index (χ1n) is 4.44. The van der Waals surface area contributed by atoms with Crippen LogP contribution in [0, 0.1) is 0 Å². The van der Waals surface area contributed by atoms with Crippen LogP contribution in [0.3, 0.4) is 0 Å². The van der Waals surface area contributed by atoms with Crippen molar-refractivity contribution in [3.05, 3.63) is 18.2 Å². The molecule has 1 aromatic heterocycles. The molecular formula is C9H17IN2. The summed E-state index contributed by atoms with van der Waals surface area (Å²) < 4.78 is 2.26. The van der Waals surface area contributed by atoms with Gasteiger partial charge in [-0.1, -0.05) is 13.3 Å². The molecule has 0 spiro atoms. The van der Waals surface area contributed by atoms with Gasteiger partial charge in [-0.2, -0.15) is 0 Å². The molecule has 1 aromatic rings. The molecule has 0 radical (unpaired) electrons. The van der Waals surface area contributed by atoms with Crippen LogP contribution in [0.25, 0.3) is 0 Å². The fourth-order valence-electron chi connectivity index (χ4n) is 1.25. The average molecular weight is 280 g/mol. The summed E-state index contributed by atoms with van der Waals surface area (Å²) in [5.74, 6) is 1.36. The largest absolute Gasteiger partial charge is 1.00 e. The topological polar surface area (TPSA) is 19.7 Å². The van der Waals surface area contributed by atoms with Gasteiger partial charge in [0.25, 0.3) is 5.82 Å². The summed E-state index contributed by atoms with van der Waals surface area (Å²) in [5, 5.41) is 0. The molecule has 0 aromatic carbocycles. The number of rotatable bonds is 4. The number of imidazole rings is 1. The molecule has 0 unspecified atom stereocenters. The lowest BCUT2D eigenvalue weighted by Crippen LogP contribution is -3.00. The van der Waals surface area contributed by atoms with Crippen LogP contribution in [0.5, 0.6) is 0 Å². The van der Waals surface area contributed by atoms with E-state index >= 15 is 0 Å². The van der Waals surface area contributed by atoms with E-state index in [4.69, 9.17) is 0 Å². The molecule has 3 heteroatoms. The van der Waals surface area contributed by atoms with Gasteiger partial charge in [0, 0.05) is 6.42 Å². The summed E-state index contributed by atoms with van der Waals surface area (Å²) in [5.41, 5.74) is 0. The Bertz CT molecular complexity index is 208. The maximum absolute atomic E-state index is 3.25. The Morgan fingerprint density at radius 2 is 2.17 bits per heavy atom. The van der Waals surface area contributed by atoms with Crippen LogP contribution in [0.2, 0.25) is 0 Å². The van der Waals surface area contributed by atoms with E-state index in [1.165, 1.54) is 25.1 Å². The van der Waals surface area contributed by atoms with E-state index in [9.17, 15) is 0 Å². The molecule has 2 nitrogen and oxygen atoms in total. The highest BCUT2D eigenvalue weighted by atomic mass is 127. The first-order chi connectivity index (χ1) is 5.38. The lowest BCUT2D eigenvalue weighted by molar-refractivity contribution is -0.699. The molecule has 0 aliphatic heterocycles. The highest BCUT2D eigenvalue weighted by Gasteiger charge is 2.06. The number of hydrogen-bond acceptors (Lipinski definition) is 0. The molecule has 0 fully saturated rings. The molecule has 0 bridgehead atoms. The highest BCUT2D eigenvalue weighted by molar-refractivity contribution is 4.76. The van der Waals surface area contributed by atoms with Crippen LogP contribution in [-0.2, 0) is 13.0 Å². The minimum Gasteiger partial charge on any atom is -1.00 e. The Balaban J connectivity index is 0.00000121. The van der Waals surface area contributed by atoms with Gasteiger partial charge in [0.05, 0.1) is 6.54 Å². The molecule has 0 aliphatic rings. The van der Waals surface area contributed by atoms with Crippen LogP contribution in [-0.4, -0.2) is 4.98 Å². The second-order valence-electron chi connectivity index (χ2n) is 2.80. The van der Waals surface area contributed by atoms with Crippen molar-refractivity contribution in [2.45, 2.75) is 39.7 Å². The number of nitrogens with zero attached hydrogens (tertiary/aromatic N) is 1. The molecule has 0 aliphatic carbocycles. The third-order valence-electron chi connectivity index (χ3n) is 1.96. The smallest absolute Gasteiger partial charge is 0.254 e. The summed E-state index contributed by atoms with van der Waals surface area (Å²) in [6, 6.07) is 0. The van der Waals surface area contributed by atoms with Gasteiger partial charge < -0.3 is 24.0 Å². The van der Waals surface area contributed by atoms with E-state index in [2.05, 4.69) is 29.6 Å². The quantitative estimate of drug-likeness (QED) is 0.521. The van der Waals surface area contributed by atoms with Crippen molar-refractivity contribution in [3.8, 4) is 0 Å². The van der Waals surface area contributed by atoms with Crippen LogP contribution >= 0.6 is 0 Å². The number of aromatic amines is 1. The number of nitrogens with one attached hydrogen (secondary N) is 1. The minimum atomic E-state index is 0. The summed E-state index contributed by atoms with van der Waals surface area (Å²) >= 11 is 0. The SMILES string of the molecule is CCCCc1[nH]cc[n+]1CC.[I-]. The second kappa shape index (κ2) is 6.46. The summed E-state index contributed by atoms with van der Waals surface area (Å²) in [6.07, 6.45) is 7.83. The zero-order valence-electron chi connectivity index (χ0n) is 7.81. The molecule has 70 valence electrons. The van der Waals surface area contributed by atoms with Crippen molar-refractivity contribution < 1.29 is 28.5 Å². The van der Waals surface area contributed by atoms with E-state index in [0.717, 1.165) is 6.54 Å². The molecule has 0 atom stereocenters. The summed E-state index contributed by atoms with van der Waals surface area (Å²) in [7, 11) is 0. The first kappa shape index (κ1) is 11.9. The van der Waals surface area contributed by atoms with Gasteiger partial charge in [-0.15, -0.1) is 0 Å². The number of aromatic nitrogens is 2. The van der Waals surface area contributed by atoms with E-state index in [0.29, 0.717) is 0 Å². The van der Waals surface area contributed by atoms with Crippen LogP contribution in [0.4, 0.5) is 0 Å². The predicted octanol–water partition coefficient (Wildman–Crippen LogP) is -1.33. The average Bonchev–Trinajstić information content (AvgIpc) is 2.47. The van der Waals surface area contributed by atoms with Gasteiger partial charge in [0.15, 0.2) is 0 Å². The third-order valence-corrected chi connectivity index (χ3v) is 1.96. The summed E-state index contributed by atoms with van der Waals surface area (Å²) in [4.78, 5) is 3.25.